The topological polar surface area (TPSA) is 62.2 Å². The maximum atomic E-state index is 11.2. The van der Waals surface area contributed by atoms with Gasteiger partial charge in [0.25, 0.3) is 0 Å². The van der Waals surface area contributed by atoms with Gasteiger partial charge < -0.3 is 14.6 Å². The minimum atomic E-state index is -0.697. The second-order valence-electron chi connectivity index (χ2n) is 6.98. The molecule has 1 aromatic carbocycles. The molecule has 0 saturated carbocycles. The van der Waals surface area contributed by atoms with E-state index in [9.17, 15) is 9.90 Å². The second kappa shape index (κ2) is 9.55. The first-order valence-corrected chi connectivity index (χ1v) is 9.66. The van der Waals surface area contributed by atoms with Crippen LogP contribution < -0.4 is 4.74 Å². The average Bonchev–Trinajstić information content (AvgIpc) is 2.64. The Kier molecular flexibility index (Phi) is 7.14. The van der Waals surface area contributed by atoms with E-state index in [1.165, 1.54) is 0 Å². The molecule has 144 valence electrons. The molecule has 0 aliphatic carbocycles. The SMILES string of the molecule is O=C(O)C1CCCN(Cc2ccc(OCCN3CCOCC3)c(Cl)c2)C1. The highest BCUT2D eigenvalue weighted by Gasteiger charge is 2.25. The smallest absolute Gasteiger partial charge is 0.307 e. The van der Waals surface area contributed by atoms with Crippen LogP contribution in [0.1, 0.15) is 18.4 Å². The Hall–Kier alpha value is -1.34. The van der Waals surface area contributed by atoms with Crippen LogP contribution in [0, 0.1) is 5.92 Å². The van der Waals surface area contributed by atoms with Crippen molar-refractivity contribution in [2.45, 2.75) is 19.4 Å². The fourth-order valence-corrected chi connectivity index (χ4v) is 3.79. The number of halogens is 1. The normalized spacial score (nSPS) is 22.3. The van der Waals surface area contributed by atoms with Crippen LogP contribution in [0.2, 0.25) is 5.02 Å². The minimum absolute atomic E-state index is 0.262. The van der Waals surface area contributed by atoms with Gasteiger partial charge in [0.15, 0.2) is 0 Å². The molecule has 0 amide bonds. The summed E-state index contributed by atoms with van der Waals surface area (Å²) in [7, 11) is 0. The van der Waals surface area contributed by atoms with E-state index >= 15 is 0 Å². The van der Waals surface area contributed by atoms with Crippen LogP contribution in [-0.2, 0) is 16.1 Å². The van der Waals surface area contributed by atoms with Crippen molar-refractivity contribution in [2.75, 3.05) is 52.5 Å². The summed E-state index contributed by atoms with van der Waals surface area (Å²) in [5.41, 5.74) is 1.08. The Morgan fingerprint density at radius 2 is 2.08 bits per heavy atom. The Labute approximate surface area is 159 Å². The van der Waals surface area contributed by atoms with Gasteiger partial charge in [0.05, 0.1) is 24.2 Å². The lowest BCUT2D eigenvalue weighted by atomic mass is 9.98. The minimum Gasteiger partial charge on any atom is -0.491 e. The maximum Gasteiger partial charge on any atom is 0.307 e. The Morgan fingerprint density at radius 1 is 1.27 bits per heavy atom. The number of likely N-dealkylation sites (tertiary alicyclic amines) is 1. The number of carbonyl (C=O) groups is 1. The summed E-state index contributed by atoms with van der Waals surface area (Å²) in [4.78, 5) is 15.7. The molecule has 7 heteroatoms. The van der Waals surface area contributed by atoms with Crippen molar-refractivity contribution in [3.05, 3.63) is 28.8 Å². The third kappa shape index (κ3) is 5.58. The molecule has 2 aliphatic rings. The van der Waals surface area contributed by atoms with Crippen molar-refractivity contribution >= 4 is 17.6 Å². The zero-order valence-corrected chi connectivity index (χ0v) is 15.8. The number of morpholine rings is 1. The van der Waals surface area contributed by atoms with Gasteiger partial charge in [-0.1, -0.05) is 17.7 Å². The van der Waals surface area contributed by atoms with E-state index in [2.05, 4.69) is 9.80 Å². The number of hydrogen-bond acceptors (Lipinski definition) is 5. The first-order valence-electron chi connectivity index (χ1n) is 9.28. The van der Waals surface area contributed by atoms with E-state index in [4.69, 9.17) is 21.1 Å². The Morgan fingerprint density at radius 3 is 2.81 bits per heavy atom. The van der Waals surface area contributed by atoms with Crippen LogP contribution >= 0.6 is 11.6 Å². The van der Waals surface area contributed by atoms with Gasteiger partial charge in [-0.05, 0) is 37.1 Å². The molecular formula is C19H27ClN2O4. The number of carboxylic acid groups (broad SMARTS) is 1. The molecule has 2 saturated heterocycles. The quantitative estimate of drug-likeness (QED) is 0.781. The number of carboxylic acids is 1. The zero-order chi connectivity index (χ0) is 18.4. The summed E-state index contributed by atoms with van der Waals surface area (Å²) in [6, 6.07) is 5.85. The molecular weight excluding hydrogens is 356 g/mol. The zero-order valence-electron chi connectivity index (χ0n) is 15.0. The number of nitrogens with zero attached hydrogens (tertiary/aromatic N) is 2. The molecule has 0 bridgehead atoms. The molecule has 26 heavy (non-hydrogen) atoms. The van der Waals surface area contributed by atoms with E-state index in [0.717, 1.165) is 64.3 Å². The lowest BCUT2D eigenvalue weighted by Crippen LogP contribution is -2.38. The summed E-state index contributed by atoms with van der Waals surface area (Å²) in [6.45, 7) is 7.19. The molecule has 1 aromatic rings. The van der Waals surface area contributed by atoms with E-state index in [1.807, 2.05) is 18.2 Å². The molecule has 1 atom stereocenters. The van der Waals surface area contributed by atoms with Gasteiger partial charge in [-0.2, -0.15) is 0 Å². The lowest BCUT2D eigenvalue weighted by Gasteiger charge is -2.30. The predicted molar refractivity (Wildman–Crippen MR) is 99.8 cm³/mol. The fourth-order valence-electron chi connectivity index (χ4n) is 3.53. The maximum absolute atomic E-state index is 11.2. The molecule has 3 rings (SSSR count). The van der Waals surface area contributed by atoms with Gasteiger partial charge in [0.1, 0.15) is 12.4 Å². The number of aliphatic carboxylic acids is 1. The molecule has 1 unspecified atom stereocenters. The standard InChI is InChI=1S/C19H27ClN2O4/c20-17-12-15(13-22-5-1-2-16(14-22)19(23)24)3-4-18(17)26-11-8-21-6-9-25-10-7-21/h3-4,12,16H,1-2,5-11,13-14H2,(H,23,24). The van der Waals surface area contributed by atoms with Crippen LogP contribution in [0.4, 0.5) is 0 Å². The summed E-state index contributed by atoms with van der Waals surface area (Å²) in [5.74, 6) is -0.260. The van der Waals surface area contributed by atoms with Gasteiger partial charge in [-0.25, -0.2) is 0 Å². The largest absolute Gasteiger partial charge is 0.491 e. The van der Waals surface area contributed by atoms with Crippen LogP contribution in [0.3, 0.4) is 0 Å². The number of benzene rings is 1. The van der Waals surface area contributed by atoms with Gasteiger partial charge in [0.2, 0.25) is 0 Å². The Balaban J connectivity index is 1.48. The molecule has 0 aromatic heterocycles. The fraction of sp³-hybridized carbons (Fsp3) is 0.632. The van der Waals surface area contributed by atoms with Crippen LogP contribution in [0.15, 0.2) is 18.2 Å². The van der Waals surface area contributed by atoms with Crippen molar-refractivity contribution in [1.29, 1.82) is 0 Å². The molecule has 2 heterocycles. The van der Waals surface area contributed by atoms with Crippen LogP contribution in [0.5, 0.6) is 5.75 Å². The molecule has 6 nitrogen and oxygen atoms in total. The highest BCUT2D eigenvalue weighted by molar-refractivity contribution is 6.32. The van der Waals surface area contributed by atoms with Gasteiger partial charge in [0, 0.05) is 32.7 Å². The summed E-state index contributed by atoms with van der Waals surface area (Å²) < 4.78 is 11.2. The summed E-state index contributed by atoms with van der Waals surface area (Å²) in [5, 5.41) is 9.81. The van der Waals surface area contributed by atoms with Crippen molar-refractivity contribution in [3.63, 3.8) is 0 Å². The van der Waals surface area contributed by atoms with Gasteiger partial charge >= 0.3 is 5.97 Å². The number of piperidine rings is 1. The third-order valence-electron chi connectivity index (χ3n) is 5.03. The van der Waals surface area contributed by atoms with E-state index < -0.39 is 5.97 Å². The monoisotopic (exact) mass is 382 g/mol. The predicted octanol–water partition coefficient (Wildman–Crippen LogP) is 2.35. The number of hydrogen-bond donors (Lipinski definition) is 1. The molecule has 2 fully saturated rings. The van der Waals surface area contributed by atoms with Gasteiger partial charge in [-0.3, -0.25) is 14.6 Å². The lowest BCUT2D eigenvalue weighted by molar-refractivity contribution is -0.143. The van der Waals surface area contributed by atoms with E-state index in [1.54, 1.807) is 0 Å². The Bertz CT molecular complexity index is 607. The summed E-state index contributed by atoms with van der Waals surface area (Å²) in [6.07, 6.45) is 1.69. The highest BCUT2D eigenvalue weighted by Crippen LogP contribution is 2.27. The molecule has 0 spiro atoms. The van der Waals surface area contributed by atoms with Crippen LogP contribution in [0.25, 0.3) is 0 Å². The third-order valence-corrected chi connectivity index (χ3v) is 5.32. The number of ether oxygens (including phenoxy) is 2. The number of rotatable bonds is 7. The van der Waals surface area contributed by atoms with Crippen LogP contribution in [-0.4, -0.2) is 73.4 Å². The van der Waals surface area contributed by atoms with E-state index in [-0.39, 0.29) is 5.92 Å². The molecule has 2 aliphatic heterocycles. The van der Waals surface area contributed by atoms with Crippen molar-refractivity contribution < 1.29 is 19.4 Å². The van der Waals surface area contributed by atoms with Crippen molar-refractivity contribution in [1.82, 2.24) is 9.80 Å². The first kappa shape index (κ1) is 19.4. The van der Waals surface area contributed by atoms with Crippen molar-refractivity contribution in [2.24, 2.45) is 5.92 Å². The van der Waals surface area contributed by atoms with Crippen molar-refractivity contribution in [3.8, 4) is 5.75 Å². The summed E-state index contributed by atoms with van der Waals surface area (Å²) >= 11 is 6.38. The van der Waals surface area contributed by atoms with E-state index in [0.29, 0.717) is 23.9 Å². The average molecular weight is 383 g/mol. The van der Waals surface area contributed by atoms with Gasteiger partial charge in [-0.15, -0.1) is 0 Å². The second-order valence-corrected chi connectivity index (χ2v) is 7.39. The highest BCUT2D eigenvalue weighted by atomic mass is 35.5. The molecule has 0 radical (unpaired) electrons. The molecule has 1 N–H and O–H groups in total. The first-order chi connectivity index (χ1) is 12.6.